The molecule has 0 aromatic rings. The summed E-state index contributed by atoms with van der Waals surface area (Å²) in [5.74, 6) is 0.801. The van der Waals surface area contributed by atoms with Crippen molar-refractivity contribution in [2.75, 3.05) is 12.5 Å². The van der Waals surface area contributed by atoms with Crippen molar-refractivity contribution in [2.24, 2.45) is 5.92 Å². The lowest BCUT2D eigenvalue weighted by molar-refractivity contribution is -0.129. The van der Waals surface area contributed by atoms with E-state index < -0.39 is 0 Å². The van der Waals surface area contributed by atoms with Crippen LogP contribution in [-0.4, -0.2) is 19.0 Å². The SMILES string of the molecule is CC(CCl)COC=O. The quantitative estimate of drug-likeness (QED) is 0.426. The molecule has 0 fully saturated rings. The molecule has 0 saturated carbocycles. The predicted octanol–water partition coefficient (Wildman–Crippen LogP) is 1.03. The number of rotatable bonds is 4. The van der Waals surface area contributed by atoms with Crippen molar-refractivity contribution >= 4 is 18.1 Å². The Kier molecular flexibility index (Phi) is 4.76. The third-order valence-electron chi connectivity index (χ3n) is 0.712. The summed E-state index contributed by atoms with van der Waals surface area (Å²) in [6, 6.07) is 0. The Morgan fingerprint density at radius 3 is 2.88 bits per heavy atom. The Bertz CT molecular complexity index is 65.4. The largest absolute Gasteiger partial charge is 0.468 e. The summed E-state index contributed by atoms with van der Waals surface area (Å²) < 4.78 is 4.42. The second-order valence-electron chi connectivity index (χ2n) is 1.69. The number of carbonyl (C=O) groups excluding carboxylic acids is 1. The van der Waals surface area contributed by atoms with E-state index in [1.165, 1.54) is 0 Å². The highest BCUT2D eigenvalue weighted by molar-refractivity contribution is 6.18. The molecule has 0 saturated heterocycles. The highest BCUT2D eigenvalue weighted by atomic mass is 35.5. The molecule has 1 unspecified atom stereocenters. The maximum Gasteiger partial charge on any atom is 0.293 e. The fourth-order valence-corrected chi connectivity index (χ4v) is 0.337. The van der Waals surface area contributed by atoms with Crippen molar-refractivity contribution in [1.82, 2.24) is 0 Å². The molecule has 0 radical (unpaired) electrons. The van der Waals surface area contributed by atoms with E-state index in [1.807, 2.05) is 6.92 Å². The zero-order chi connectivity index (χ0) is 6.41. The van der Waals surface area contributed by atoms with Gasteiger partial charge in [0.2, 0.25) is 0 Å². The number of halogens is 1. The number of ether oxygens (including phenoxy) is 1. The molecule has 0 aliphatic heterocycles. The van der Waals surface area contributed by atoms with Gasteiger partial charge in [-0.05, 0) is 0 Å². The fourth-order valence-electron chi connectivity index (χ4n) is 0.248. The van der Waals surface area contributed by atoms with Crippen molar-refractivity contribution in [2.45, 2.75) is 6.92 Å². The van der Waals surface area contributed by atoms with Crippen LogP contribution in [0.15, 0.2) is 0 Å². The standard InChI is InChI=1S/C5H9ClO2/c1-5(2-6)3-8-4-7/h4-5H,2-3H2,1H3. The first-order valence-electron chi connectivity index (χ1n) is 2.42. The second-order valence-corrected chi connectivity index (χ2v) is 2.00. The summed E-state index contributed by atoms with van der Waals surface area (Å²) in [5.41, 5.74) is 0. The molecular formula is C5H9ClO2. The molecule has 8 heavy (non-hydrogen) atoms. The van der Waals surface area contributed by atoms with Gasteiger partial charge < -0.3 is 4.74 Å². The number of hydrogen-bond acceptors (Lipinski definition) is 2. The van der Waals surface area contributed by atoms with Crippen molar-refractivity contribution in [1.29, 1.82) is 0 Å². The lowest BCUT2D eigenvalue weighted by Crippen LogP contribution is -2.05. The summed E-state index contributed by atoms with van der Waals surface area (Å²) in [4.78, 5) is 9.56. The van der Waals surface area contributed by atoms with E-state index in [-0.39, 0.29) is 5.92 Å². The van der Waals surface area contributed by atoms with Gasteiger partial charge in [0.15, 0.2) is 0 Å². The third-order valence-corrected chi connectivity index (χ3v) is 1.24. The fraction of sp³-hybridized carbons (Fsp3) is 0.800. The lowest BCUT2D eigenvalue weighted by atomic mass is 10.2. The lowest BCUT2D eigenvalue weighted by Gasteiger charge is -2.02. The molecule has 0 aromatic heterocycles. The molecule has 48 valence electrons. The van der Waals surface area contributed by atoms with Gasteiger partial charge in [-0.2, -0.15) is 0 Å². The van der Waals surface area contributed by atoms with Crippen LogP contribution in [0, 0.1) is 5.92 Å². The average molecular weight is 137 g/mol. The summed E-state index contributed by atoms with van der Waals surface area (Å²) >= 11 is 5.39. The van der Waals surface area contributed by atoms with E-state index in [0.717, 1.165) is 0 Å². The van der Waals surface area contributed by atoms with Gasteiger partial charge in [-0.3, -0.25) is 4.79 Å². The summed E-state index contributed by atoms with van der Waals surface area (Å²) in [5, 5.41) is 0. The molecule has 3 heteroatoms. The van der Waals surface area contributed by atoms with Crippen LogP contribution in [-0.2, 0) is 9.53 Å². The molecule has 0 aliphatic carbocycles. The zero-order valence-electron chi connectivity index (χ0n) is 4.76. The number of alkyl halides is 1. The van der Waals surface area contributed by atoms with Crippen LogP contribution in [0.4, 0.5) is 0 Å². The monoisotopic (exact) mass is 136 g/mol. The molecule has 0 rings (SSSR count). The van der Waals surface area contributed by atoms with Gasteiger partial charge >= 0.3 is 0 Å². The minimum Gasteiger partial charge on any atom is -0.468 e. The normalized spacial score (nSPS) is 12.8. The Morgan fingerprint density at radius 2 is 2.50 bits per heavy atom. The summed E-state index contributed by atoms with van der Waals surface area (Å²) in [6.07, 6.45) is 0. The molecule has 0 N–H and O–H groups in total. The van der Waals surface area contributed by atoms with E-state index in [9.17, 15) is 4.79 Å². The molecule has 2 nitrogen and oxygen atoms in total. The van der Waals surface area contributed by atoms with Gasteiger partial charge in [0.25, 0.3) is 6.47 Å². The first kappa shape index (κ1) is 7.76. The minimum absolute atomic E-state index is 0.266. The van der Waals surface area contributed by atoms with E-state index in [4.69, 9.17) is 11.6 Å². The molecule has 0 heterocycles. The summed E-state index contributed by atoms with van der Waals surface area (Å²) in [6.45, 7) is 2.77. The zero-order valence-corrected chi connectivity index (χ0v) is 5.52. The summed E-state index contributed by atoms with van der Waals surface area (Å²) in [7, 11) is 0. The van der Waals surface area contributed by atoms with Crippen molar-refractivity contribution in [3.05, 3.63) is 0 Å². The highest BCUT2D eigenvalue weighted by Crippen LogP contribution is 1.96. The van der Waals surface area contributed by atoms with Gasteiger partial charge in [0.1, 0.15) is 0 Å². The van der Waals surface area contributed by atoms with Crippen molar-refractivity contribution < 1.29 is 9.53 Å². The average Bonchev–Trinajstić information content (AvgIpc) is 1.83. The molecule has 0 amide bonds. The first-order valence-corrected chi connectivity index (χ1v) is 2.96. The van der Waals surface area contributed by atoms with E-state index >= 15 is 0 Å². The molecule has 0 aromatic carbocycles. The van der Waals surface area contributed by atoms with Crippen molar-refractivity contribution in [3.8, 4) is 0 Å². The smallest absolute Gasteiger partial charge is 0.293 e. The second kappa shape index (κ2) is 4.91. The third kappa shape index (κ3) is 3.93. The van der Waals surface area contributed by atoms with Crippen LogP contribution in [0.2, 0.25) is 0 Å². The Balaban J connectivity index is 2.97. The molecule has 0 spiro atoms. The van der Waals surface area contributed by atoms with Crippen LogP contribution in [0.1, 0.15) is 6.92 Å². The number of hydrogen-bond donors (Lipinski definition) is 0. The van der Waals surface area contributed by atoms with Gasteiger partial charge in [-0.25, -0.2) is 0 Å². The van der Waals surface area contributed by atoms with Crippen molar-refractivity contribution in [3.63, 3.8) is 0 Å². The topological polar surface area (TPSA) is 26.3 Å². The van der Waals surface area contributed by atoms with Crippen LogP contribution >= 0.6 is 11.6 Å². The molecule has 0 bridgehead atoms. The maximum atomic E-state index is 9.56. The molecular weight excluding hydrogens is 128 g/mol. The molecule has 1 atom stereocenters. The Labute approximate surface area is 53.8 Å². The van der Waals surface area contributed by atoms with Gasteiger partial charge in [-0.15, -0.1) is 11.6 Å². The van der Waals surface area contributed by atoms with E-state index in [2.05, 4.69) is 4.74 Å². The predicted molar refractivity (Wildman–Crippen MR) is 31.9 cm³/mol. The van der Waals surface area contributed by atoms with Crippen LogP contribution in [0.3, 0.4) is 0 Å². The maximum absolute atomic E-state index is 9.56. The minimum atomic E-state index is 0.266. The first-order chi connectivity index (χ1) is 3.81. The Hall–Kier alpha value is -0.240. The van der Waals surface area contributed by atoms with Gasteiger partial charge in [-0.1, -0.05) is 6.92 Å². The van der Waals surface area contributed by atoms with Crippen LogP contribution in [0.25, 0.3) is 0 Å². The number of carbonyl (C=O) groups is 1. The van der Waals surface area contributed by atoms with Gasteiger partial charge in [0.05, 0.1) is 6.61 Å². The Morgan fingerprint density at radius 1 is 1.88 bits per heavy atom. The highest BCUT2D eigenvalue weighted by Gasteiger charge is 1.96. The van der Waals surface area contributed by atoms with Crippen LogP contribution in [0.5, 0.6) is 0 Å². The van der Waals surface area contributed by atoms with Gasteiger partial charge in [0, 0.05) is 11.8 Å². The van der Waals surface area contributed by atoms with E-state index in [1.54, 1.807) is 0 Å². The van der Waals surface area contributed by atoms with E-state index in [0.29, 0.717) is 19.0 Å². The molecule has 0 aliphatic rings. The van der Waals surface area contributed by atoms with Crippen LogP contribution < -0.4 is 0 Å².